The van der Waals surface area contributed by atoms with Gasteiger partial charge in [-0.05, 0) is 24.3 Å². The fourth-order valence-corrected chi connectivity index (χ4v) is 2.73. The van der Waals surface area contributed by atoms with E-state index in [-0.39, 0.29) is 23.1 Å². The van der Waals surface area contributed by atoms with Gasteiger partial charge in [0.25, 0.3) is 0 Å². The molecule has 0 saturated carbocycles. The van der Waals surface area contributed by atoms with Crippen LogP contribution in [0.25, 0.3) is 0 Å². The Balaban J connectivity index is 0.000000757. The van der Waals surface area contributed by atoms with Gasteiger partial charge in [-0.15, -0.1) is 0 Å². The number of Topliss-reactive ketones (excluding diaryl/α,β-unsaturated/α-hetero) is 2. The van der Waals surface area contributed by atoms with E-state index in [9.17, 15) is 9.59 Å². The van der Waals surface area contributed by atoms with E-state index >= 15 is 0 Å². The normalized spacial score (nSPS) is 12.0. The molecule has 4 nitrogen and oxygen atoms in total. The Morgan fingerprint density at radius 1 is 0.467 bits per heavy atom. The summed E-state index contributed by atoms with van der Waals surface area (Å²) in [6, 6.07) is 24.3. The molecule has 1 aliphatic carbocycles. The van der Waals surface area contributed by atoms with Crippen LogP contribution >= 0.6 is 0 Å². The van der Waals surface area contributed by atoms with Crippen LogP contribution in [0, 0.1) is 0 Å². The zero-order valence-corrected chi connectivity index (χ0v) is 17.7. The Hall–Kier alpha value is -3.66. The summed E-state index contributed by atoms with van der Waals surface area (Å²) in [6.45, 7) is 8.00. The van der Waals surface area contributed by atoms with Crippen molar-refractivity contribution in [1.29, 1.82) is 0 Å². The minimum absolute atomic E-state index is 0.108. The number of hydrogen-bond donors (Lipinski definition) is 0. The molecule has 0 amide bonds. The first-order chi connectivity index (χ1) is 14.7. The van der Waals surface area contributed by atoms with Crippen LogP contribution in [0.1, 0.15) is 48.4 Å². The minimum atomic E-state index is -0.380. The van der Waals surface area contributed by atoms with Crippen LogP contribution < -0.4 is 9.47 Å². The van der Waals surface area contributed by atoms with E-state index in [0.29, 0.717) is 22.6 Å². The van der Waals surface area contributed by atoms with E-state index in [4.69, 9.17) is 9.47 Å². The van der Waals surface area contributed by atoms with Crippen LogP contribution in [0.4, 0.5) is 0 Å². The van der Waals surface area contributed by atoms with Gasteiger partial charge in [0.05, 0.1) is 0 Å². The van der Waals surface area contributed by atoms with Crippen LogP contribution in [0.2, 0.25) is 0 Å². The lowest BCUT2D eigenvalue weighted by Crippen LogP contribution is -2.27. The van der Waals surface area contributed by atoms with E-state index in [1.807, 2.05) is 39.8 Å². The van der Waals surface area contributed by atoms with Crippen LogP contribution in [-0.4, -0.2) is 11.6 Å². The topological polar surface area (TPSA) is 52.6 Å². The number of rotatable bonds is 4. The summed E-state index contributed by atoms with van der Waals surface area (Å²) in [7, 11) is 0. The highest BCUT2D eigenvalue weighted by Crippen LogP contribution is 2.30. The van der Waals surface area contributed by atoms with Crippen molar-refractivity contribution in [2.45, 2.75) is 27.7 Å². The quantitative estimate of drug-likeness (QED) is 0.501. The Bertz CT molecular complexity index is 923. The Labute approximate surface area is 177 Å². The smallest absolute Gasteiger partial charge is 0.233 e. The molecule has 154 valence electrons. The Morgan fingerprint density at radius 3 is 1.10 bits per heavy atom. The molecule has 0 spiro atoms. The monoisotopic (exact) mass is 402 g/mol. The molecule has 0 radical (unpaired) electrons. The van der Waals surface area contributed by atoms with Crippen molar-refractivity contribution in [3.63, 3.8) is 0 Å². The van der Waals surface area contributed by atoms with Crippen molar-refractivity contribution >= 4 is 11.6 Å². The SMILES string of the molecule is CC.CC.O=C1C(Oc2ccccc2)=C(Oc2ccccc2)C(=O)c2ccccc21. The molecule has 4 heteroatoms. The van der Waals surface area contributed by atoms with E-state index in [1.165, 1.54) is 0 Å². The zero-order valence-electron chi connectivity index (χ0n) is 17.7. The third kappa shape index (κ3) is 5.03. The predicted molar refractivity (Wildman–Crippen MR) is 119 cm³/mol. The number of allylic oxidation sites excluding steroid dienone is 2. The lowest BCUT2D eigenvalue weighted by molar-refractivity contribution is 0.0897. The highest BCUT2D eigenvalue weighted by atomic mass is 16.5. The van der Waals surface area contributed by atoms with Gasteiger partial charge in [-0.25, -0.2) is 0 Å². The summed E-state index contributed by atoms with van der Waals surface area (Å²) in [5, 5.41) is 0. The second kappa shape index (κ2) is 11.4. The molecular formula is C26H26O4. The molecule has 0 fully saturated rings. The fraction of sp³-hybridized carbons (Fsp3) is 0.154. The highest BCUT2D eigenvalue weighted by molar-refractivity contribution is 6.25. The molecule has 0 saturated heterocycles. The largest absolute Gasteiger partial charge is 0.449 e. The van der Waals surface area contributed by atoms with E-state index in [0.717, 1.165) is 0 Å². The molecule has 3 aromatic carbocycles. The molecular weight excluding hydrogens is 376 g/mol. The van der Waals surface area contributed by atoms with E-state index < -0.39 is 0 Å². The van der Waals surface area contributed by atoms with Gasteiger partial charge in [-0.2, -0.15) is 0 Å². The fourth-order valence-electron chi connectivity index (χ4n) is 2.73. The third-order valence-corrected chi connectivity index (χ3v) is 3.96. The molecule has 0 heterocycles. The van der Waals surface area contributed by atoms with Crippen LogP contribution in [-0.2, 0) is 0 Å². The number of para-hydroxylation sites is 2. The van der Waals surface area contributed by atoms with Crippen molar-refractivity contribution in [3.8, 4) is 11.5 Å². The summed E-state index contributed by atoms with van der Waals surface area (Å²) < 4.78 is 11.5. The predicted octanol–water partition coefficient (Wildman–Crippen LogP) is 6.49. The van der Waals surface area contributed by atoms with Gasteiger partial charge in [0.15, 0.2) is 0 Å². The number of benzene rings is 3. The van der Waals surface area contributed by atoms with Crippen molar-refractivity contribution in [2.24, 2.45) is 0 Å². The molecule has 30 heavy (non-hydrogen) atoms. The number of carbonyl (C=O) groups excluding carboxylic acids is 2. The Kier molecular flexibility index (Phi) is 8.57. The number of hydrogen-bond acceptors (Lipinski definition) is 4. The van der Waals surface area contributed by atoms with Gasteiger partial charge < -0.3 is 9.47 Å². The van der Waals surface area contributed by atoms with Crippen LogP contribution in [0.15, 0.2) is 96.4 Å². The molecule has 4 rings (SSSR count). The first-order valence-electron chi connectivity index (χ1n) is 10.1. The summed E-state index contributed by atoms with van der Waals surface area (Å²) in [4.78, 5) is 25.9. The number of carbonyl (C=O) groups is 2. The molecule has 0 aromatic heterocycles. The first-order valence-corrected chi connectivity index (χ1v) is 10.1. The summed E-state index contributed by atoms with van der Waals surface area (Å²) >= 11 is 0. The third-order valence-electron chi connectivity index (χ3n) is 3.96. The average Bonchev–Trinajstić information content (AvgIpc) is 2.83. The standard InChI is InChI=1S/C22H14O4.2C2H6/c23-19-17-13-7-8-14-18(17)20(24)22(26-16-11-5-2-6-12-16)21(19)25-15-9-3-1-4-10-15;2*1-2/h1-14H;2*1-2H3. The molecule has 0 atom stereocenters. The second-order valence-corrected chi connectivity index (χ2v) is 5.69. The Morgan fingerprint density at radius 2 is 0.767 bits per heavy atom. The summed E-state index contributed by atoms with van der Waals surface area (Å²) in [5.41, 5.74) is 0.618. The van der Waals surface area contributed by atoms with Crippen molar-refractivity contribution in [1.82, 2.24) is 0 Å². The van der Waals surface area contributed by atoms with Gasteiger partial charge in [0, 0.05) is 11.1 Å². The van der Waals surface area contributed by atoms with E-state index in [1.54, 1.807) is 72.8 Å². The van der Waals surface area contributed by atoms with E-state index in [2.05, 4.69) is 0 Å². The van der Waals surface area contributed by atoms with Crippen LogP contribution in [0.5, 0.6) is 11.5 Å². The summed E-state index contributed by atoms with van der Waals surface area (Å²) in [5.74, 6) is -0.0631. The molecule has 0 unspecified atom stereocenters. The number of ketones is 2. The maximum absolute atomic E-state index is 13.0. The molecule has 0 N–H and O–H groups in total. The van der Waals surface area contributed by atoms with Gasteiger partial charge in [-0.1, -0.05) is 88.4 Å². The molecule has 0 aliphatic heterocycles. The van der Waals surface area contributed by atoms with Crippen molar-refractivity contribution in [2.75, 3.05) is 0 Å². The van der Waals surface area contributed by atoms with Crippen molar-refractivity contribution in [3.05, 3.63) is 108 Å². The number of fused-ring (bicyclic) bond motifs is 1. The maximum atomic E-state index is 13.0. The lowest BCUT2D eigenvalue weighted by Gasteiger charge is -2.21. The minimum Gasteiger partial charge on any atom is -0.449 e. The molecule has 0 bridgehead atoms. The molecule has 3 aromatic rings. The second-order valence-electron chi connectivity index (χ2n) is 5.69. The van der Waals surface area contributed by atoms with Gasteiger partial charge in [-0.3, -0.25) is 9.59 Å². The first kappa shape index (κ1) is 22.6. The van der Waals surface area contributed by atoms with Crippen molar-refractivity contribution < 1.29 is 19.1 Å². The van der Waals surface area contributed by atoms with Gasteiger partial charge in [0.1, 0.15) is 11.5 Å². The lowest BCUT2D eigenvalue weighted by atomic mass is 9.92. The maximum Gasteiger partial charge on any atom is 0.233 e. The van der Waals surface area contributed by atoms with Crippen LogP contribution in [0.3, 0.4) is 0 Å². The molecule has 1 aliphatic rings. The van der Waals surface area contributed by atoms with Gasteiger partial charge in [0.2, 0.25) is 23.1 Å². The zero-order chi connectivity index (χ0) is 21.9. The average molecular weight is 402 g/mol. The summed E-state index contributed by atoms with van der Waals surface area (Å²) in [6.07, 6.45) is 0. The number of ether oxygens (including phenoxy) is 2. The highest BCUT2D eigenvalue weighted by Gasteiger charge is 2.35. The van der Waals surface area contributed by atoms with Gasteiger partial charge >= 0.3 is 0 Å².